The van der Waals surface area contributed by atoms with Gasteiger partial charge in [-0.15, -0.1) is 10.2 Å². The van der Waals surface area contributed by atoms with Gasteiger partial charge in [-0.2, -0.15) is 13.2 Å². The number of aliphatic hydroxyl groups is 1. The van der Waals surface area contributed by atoms with Crippen LogP contribution in [0.15, 0.2) is 18.3 Å². The van der Waals surface area contributed by atoms with Crippen molar-refractivity contribution >= 4 is 5.65 Å². The Morgan fingerprint density at radius 2 is 2.00 bits per heavy atom. The molecule has 104 valence electrons. The molecule has 2 aromatic heterocycles. The molecule has 5 nitrogen and oxygen atoms in total. The van der Waals surface area contributed by atoms with Crippen molar-refractivity contribution in [2.45, 2.75) is 25.1 Å². The second-order valence-corrected chi connectivity index (χ2v) is 4.64. The number of nitrogens with two attached hydrogens (primary N) is 1. The average Bonchev–Trinajstić information content (AvgIpc) is 2.70. The summed E-state index contributed by atoms with van der Waals surface area (Å²) in [4.78, 5) is 0. The lowest BCUT2D eigenvalue weighted by atomic mass is 10.0. The molecule has 0 saturated carbocycles. The third-order valence-corrected chi connectivity index (χ3v) is 2.78. The molecule has 1 unspecified atom stereocenters. The number of hydrogen-bond donors (Lipinski definition) is 2. The van der Waals surface area contributed by atoms with E-state index in [1.165, 1.54) is 17.4 Å². The Kier molecular flexibility index (Phi) is 3.23. The molecule has 2 rings (SSSR count). The minimum absolute atomic E-state index is 0.0198. The summed E-state index contributed by atoms with van der Waals surface area (Å²) in [7, 11) is 0. The van der Waals surface area contributed by atoms with Crippen LogP contribution in [-0.4, -0.2) is 31.9 Å². The van der Waals surface area contributed by atoms with Gasteiger partial charge in [0, 0.05) is 19.2 Å². The Balaban J connectivity index is 2.46. The van der Waals surface area contributed by atoms with E-state index in [4.69, 9.17) is 5.73 Å². The number of aromatic nitrogens is 3. The SMILES string of the molecule is CC(O)(CN)Cc1nnc2ccc(C(F)(F)F)cn12. The van der Waals surface area contributed by atoms with E-state index in [-0.39, 0.29) is 24.4 Å². The number of nitrogens with zero attached hydrogens (tertiary/aromatic N) is 3. The van der Waals surface area contributed by atoms with Gasteiger partial charge in [0.05, 0.1) is 11.2 Å². The lowest BCUT2D eigenvalue weighted by molar-refractivity contribution is -0.137. The van der Waals surface area contributed by atoms with Crippen molar-refractivity contribution < 1.29 is 18.3 Å². The van der Waals surface area contributed by atoms with Crippen LogP contribution >= 0.6 is 0 Å². The van der Waals surface area contributed by atoms with Gasteiger partial charge in [0.15, 0.2) is 5.65 Å². The lowest BCUT2D eigenvalue weighted by Crippen LogP contribution is -2.37. The topological polar surface area (TPSA) is 76.4 Å². The number of hydrogen-bond acceptors (Lipinski definition) is 4. The van der Waals surface area contributed by atoms with Crippen LogP contribution < -0.4 is 5.73 Å². The Morgan fingerprint density at radius 3 is 2.58 bits per heavy atom. The maximum atomic E-state index is 12.6. The van der Waals surface area contributed by atoms with E-state index in [0.29, 0.717) is 0 Å². The van der Waals surface area contributed by atoms with Crippen molar-refractivity contribution in [2.24, 2.45) is 5.73 Å². The first kappa shape index (κ1) is 13.8. The summed E-state index contributed by atoms with van der Waals surface area (Å²) in [6.45, 7) is 1.46. The van der Waals surface area contributed by atoms with Crippen molar-refractivity contribution in [3.8, 4) is 0 Å². The predicted octanol–water partition coefficient (Wildman–Crippen LogP) is 1.00. The molecule has 2 heterocycles. The number of alkyl halides is 3. The third kappa shape index (κ3) is 2.85. The van der Waals surface area contributed by atoms with Crippen LogP contribution in [-0.2, 0) is 12.6 Å². The molecule has 0 radical (unpaired) electrons. The average molecular weight is 274 g/mol. The smallest absolute Gasteiger partial charge is 0.388 e. The van der Waals surface area contributed by atoms with Crippen LogP contribution in [0.3, 0.4) is 0 Å². The number of rotatable bonds is 3. The first-order valence-corrected chi connectivity index (χ1v) is 5.56. The fourth-order valence-electron chi connectivity index (χ4n) is 1.64. The van der Waals surface area contributed by atoms with Gasteiger partial charge < -0.3 is 10.8 Å². The van der Waals surface area contributed by atoms with Crippen molar-refractivity contribution in [1.29, 1.82) is 0 Å². The summed E-state index contributed by atoms with van der Waals surface area (Å²) in [6, 6.07) is 2.17. The largest absolute Gasteiger partial charge is 0.417 e. The zero-order valence-corrected chi connectivity index (χ0v) is 10.1. The molecule has 3 N–H and O–H groups in total. The Labute approximate surface area is 106 Å². The summed E-state index contributed by atoms with van der Waals surface area (Å²) in [6.07, 6.45) is -3.50. The van der Waals surface area contributed by atoms with Crippen LogP contribution in [0.1, 0.15) is 18.3 Å². The standard InChI is InChI=1S/C11H13F3N4O/c1-10(19,6-15)4-9-17-16-8-3-2-7(5-18(8)9)11(12,13)14/h2-3,5,19H,4,6,15H2,1H3. The highest BCUT2D eigenvalue weighted by atomic mass is 19.4. The van der Waals surface area contributed by atoms with Crippen molar-refractivity contribution in [2.75, 3.05) is 6.54 Å². The normalized spacial score (nSPS) is 15.7. The maximum absolute atomic E-state index is 12.6. The van der Waals surface area contributed by atoms with Crippen molar-refractivity contribution in [3.05, 3.63) is 29.7 Å². The maximum Gasteiger partial charge on any atom is 0.417 e. The monoisotopic (exact) mass is 274 g/mol. The molecule has 0 bridgehead atoms. The Morgan fingerprint density at radius 1 is 1.32 bits per heavy atom. The Hall–Kier alpha value is -1.67. The van der Waals surface area contributed by atoms with Crippen LogP contribution in [0.2, 0.25) is 0 Å². The fraction of sp³-hybridized carbons (Fsp3) is 0.455. The first-order valence-electron chi connectivity index (χ1n) is 5.56. The zero-order chi connectivity index (χ0) is 14.3. The summed E-state index contributed by atoms with van der Waals surface area (Å²) in [5, 5.41) is 17.4. The summed E-state index contributed by atoms with van der Waals surface area (Å²) in [5.74, 6) is 0.233. The zero-order valence-electron chi connectivity index (χ0n) is 10.1. The van der Waals surface area contributed by atoms with E-state index in [1.54, 1.807) is 0 Å². The molecule has 0 aromatic carbocycles. The molecule has 8 heteroatoms. The molecule has 2 aromatic rings. The van der Waals surface area contributed by atoms with Gasteiger partial charge in [-0.3, -0.25) is 4.40 Å². The van der Waals surface area contributed by atoms with Crippen molar-refractivity contribution in [1.82, 2.24) is 14.6 Å². The summed E-state index contributed by atoms with van der Waals surface area (Å²) >= 11 is 0. The van der Waals surface area contributed by atoms with Gasteiger partial charge in [-0.25, -0.2) is 0 Å². The van der Waals surface area contributed by atoms with Gasteiger partial charge in [0.1, 0.15) is 5.82 Å². The van der Waals surface area contributed by atoms with E-state index in [2.05, 4.69) is 10.2 Å². The first-order chi connectivity index (χ1) is 8.73. The van der Waals surface area contributed by atoms with Gasteiger partial charge >= 0.3 is 6.18 Å². The van der Waals surface area contributed by atoms with E-state index in [9.17, 15) is 18.3 Å². The molecule has 0 saturated heterocycles. The van der Waals surface area contributed by atoms with Gasteiger partial charge in [-0.05, 0) is 19.1 Å². The van der Waals surface area contributed by atoms with E-state index in [1.807, 2.05) is 0 Å². The molecular formula is C11H13F3N4O. The molecule has 0 amide bonds. The molecular weight excluding hydrogens is 261 g/mol. The van der Waals surface area contributed by atoms with Crippen LogP contribution in [0.4, 0.5) is 13.2 Å². The molecule has 0 fully saturated rings. The summed E-state index contributed by atoms with van der Waals surface area (Å²) < 4.78 is 39.1. The second kappa shape index (κ2) is 4.46. The van der Waals surface area contributed by atoms with E-state index >= 15 is 0 Å². The van der Waals surface area contributed by atoms with Crippen LogP contribution in [0.5, 0.6) is 0 Å². The highest BCUT2D eigenvalue weighted by Gasteiger charge is 2.31. The number of fused-ring (bicyclic) bond motifs is 1. The minimum atomic E-state index is -4.44. The molecule has 1 atom stereocenters. The van der Waals surface area contributed by atoms with Crippen molar-refractivity contribution in [3.63, 3.8) is 0 Å². The van der Waals surface area contributed by atoms with E-state index in [0.717, 1.165) is 12.3 Å². The Bertz CT molecular complexity index is 591. The molecule has 0 aliphatic heterocycles. The lowest BCUT2D eigenvalue weighted by Gasteiger charge is -2.19. The number of halogens is 3. The van der Waals surface area contributed by atoms with E-state index < -0.39 is 17.3 Å². The fourth-order valence-corrected chi connectivity index (χ4v) is 1.64. The van der Waals surface area contributed by atoms with Gasteiger partial charge in [0.25, 0.3) is 0 Å². The minimum Gasteiger partial charge on any atom is -0.388 e. The summed E-state index contributed by atoms with van der Waals surface area (Å²) in [5.41, 5.74) is 3.63. The number of pyridine rings is 1. The van der Waals surface area contributed by atoms with Gasteiger partial charge in [0.2, 0.25) is 0 Å². The third-order valence-electron chi connectivity index (χ3n) is 2.78. The van der Waals surface area contributed by atoms with Crippen LogP contribution in [0, 0.1) is 0 Å². The van der Waals surface area contributed by atoms with Gasteiger partial charge in [-0.1, -0.05) is 0 Å². The quantitative estimate of drug-likeness (QED) is 0.875. The molecule has 0 aliphatic rings. The molecule has 19 heavy (non-hydrogen) atoms. The molecule has 0 aliphatic carbocycles. The van der Waals surface area contributed by atoms with Crippen LogP contribution in [0.25, 0.3) is 5.65 Å². The highest BCUT2D eigenvalue weighted by Crippen LogP contribution is 2.29. The molecule has 0 spiro atoms. The second-order valence-electron chi connectivity index (χ2n) is 4.64. The predicted molar refractivity (Wildman–Crippen MR) is 61.4 cm³/mol. The highest BCUT2D eigenvalue weighted by molar-refractivity contribution is 5.40.